The molecule has 1 amide bonds. The van der Waals surface area contributed by atoms with Crippen molar-refractivity contribution in [2.45, 2.75) is 6.42 Å². The summed E-state index contributed by atoms with van der Waals surface area (Å²) in [7, 11) is 0. The Labute approximate surface area is 162 Å². The van der Waals surface area contributed by atoms with Gasteiger partial charge in [-0.15, -0.1) is 0 Å². The van der Waals surface area contributed by atoms with Gasteiger partial charge in [0.1, 0.15) is 23.5 Å². The summed E-state index contributed by atoms with van der Waals surface area (Å²) in [6, 6.07) is 18.7. The minimum absolute atomic E-state index is 0.0214. The van der Waals surface area contributed by atoms with Crippen molar-refractivity contribution >= 4 is 22.9 Å². The van der Waals surface area contributed by atoms with Crippen LogP contribution < -0.4 is 10.1 Å². The molecule has 138 valence electrons. The van der Waals surface area contributed by atoms with E-state index in [9.17, 15) is 10.1 Å². The average molecular weight is 370 g/mol. The third-order valence-corrected chi connectivity index (χ3v) is 4.23. The number of nitriles is 2. The second-order valence-corrected chi connectivity index (χ2v) is 6.02. The summed E-state index contributed by atoms with van der Waals surface area (Å²) in [6.45, 7) is 0.301. The molecule has 0 saturated heterocycles. The molecule has 2 N–H and O–H groups in total. The quantitative estimate of drug-likeness (QED) is 0.492. The smallest absolute Gasteiger partial charge is 0.261 e. The van der Waals surface area contributed by atoms with Crippen LogP contribution in [0.5, 0.6) is 5.75 Å². The molecule has 0 spiro atoms. The van der Waals surface area contributed by atoms with Crippen molar-refractivity contribution in [3.63, 3.8) is 0 Å². The zero-order valence-corrected chi connectivity index (χ0v) is 15.1. The van der Waals surface area contributed by atoms with E-state index in [1.54, 1.807) is 24.3 Å². The van der Waals surface area contributed by atoms with Gasteiger partial charge in [0.15, 0.2) is 6.61 Å². The van der Waals surface area contributed by atoms with Gasteiger partial charge in [-0.1, -0.05) is 36.4 Å². The highest BCUT2D eigenvalue weighted by Gasteiger charge is 2.11. The summed E-state index contributed by atoms with van der Waals surface area (Å²) >= 11 is 0. The molecule has 6 nitrogen and oxygen atoms in total. The first-order valence-electron chi connectivity index (χ1n) is 8.76. The summed E-state index contributed by atoms with van der Waals surface area (Å²) in [5.41, 5.74) is 2.71. The molecule has 6 heteroatoms. The van der Waals surface area contributed by atoms with E-state index < -0.39 is 5.91 Å². The average Bonchev–Trinajstić information content (AvgIpc) is 3.14. The summed E-state index contributed by atoms with van der Waals surface area (Å²) in [5.74, 6) is 0.000759. The van der Waals surface area contributed by atoms with Gasteiger partial charge in [0, 0.05) is 29.2 Å². The molecular formula is C22H18N4O2. The van der Waals surface area contributed by atoms with Gasteiger partial charge in [-0.2, -0.15) is 10.5 Å². The third kappa shape index (κ3) is 4.38. The van der Waals surface area contributed by atoms with Gasteiger partial charge >= 0.3 is 0 Å². The third-order valence-electron chi connectivity index (χ3n) is 4.23. The molecule has 0 saturated carbocycles. The molecule has 0 aliphatic rings. The molecule has 0 bridgehead atoms. The van der Waals surface area contributed by atoms with E-state index in [4.69, 9.17) is 10.00 Å². The molecule has 3 aromatic rings. The number of nitrogens with one attached hydrogen (secondary N) is 2. The number of hydrogen-bond donors (Lipinski definition) is 2. The van der Waals surface area contributed by atoms with Crippen LogP contribution in [-0.2, 0) is 11.2 Å². The van der Waals surface area contributed by atoms with Crippen LogP contribution in [0.4, 0.5) is 0 Å². The normalized spacial score (nSPS) is 10.9. The number of carbonyl (C=O) groups is 1. The lowest BCUT2D eigenvalue weighted by atomic mass is 10.1. The van der Waals surface area contributed by atoms with E-state index in [0.717, 1.165) is 16.5 Å². The van der Waals surface area contributed by atoms with Crippen molar-refractivity contribution in [2.24, 2.45) is 0 Å². The fourth-order valence-corrected chi connectivity index (χ4v) is 2.89. The van der Waals surface area contributed by atoms with Crippen molar-refractivity contribution in [3.05, 3.63) is 71.4 Å². The summed E-state index contributed by atoms with van der Waals surface area (Å²) < 4.78 is 5.33. The number of carbonyl (C=O) groups excluding carboxylic acids is 1. The number of H-pyrrole nitrogens is 1. The van der Waals surface area contributed by atoms with Crippen LogP contribution in [0.15, 0.2) is 60.3 Å². The number of aromatic nitrogens is 1. The molecule has 3 rings (SSSR count). The molecule has 0 radical (unpaired) electrons. The van der Waals surface area contributed by atoms with Crippen molar-refractivity contribution in [2.75, 3.05) is 13.2 Å². The Hall–Kier alpha value is -4.03. The number of hydrogen-bond acceptors (Lipinski definition) is 4. The SMILES string of the molecule is N#CCOc1ccccc1/C=C(/C#N)C(=O)NCCc1c[nH]c2ccccc12. The number of para-hydroxylation sites is 2. The molecule has 0 aliphatic heterocycles. The number of nitrogens with zero attached hydrogens (tertiary/aromatic N) is 2. The Kier molecular flexibility index (Phi) is 6.07. The number of aromatic amines is 1. The number of ether oxygens (including phenoxy) is 1. The molecule has 0 aliphatic carbocycles. The predicted molar refractivity (Wildman–Crippen MR) is 106 cm³/mol. The minimum Gasteiger partial charge on any atom is -0.478 e. The first kappa shape index (κ1) is 18.8. The maximum absolute atomic E-state index is 12.4. The maximum atomic E-state index is 12.4. The van der Waals surface area contributed by atoms with E-state index >= 15 is 0 Å². The molecule has 1 heterocycles. The van der Waals surface area contributed by atoms with E-state index in [1.165, 1.54) is 6.08 Å². The van der Waals surface area contributed by atoms with Crippen LogP contribution >= 0.6 is 0 Å². The fourth-order valence-electron chi connectivity index (χ4n) is 2.89. The lowest BCUT2D eigenvalue weighted by Crippen LogP contribution is -2.26. The summed E-state index contributed by atoms with van der Waals surface area (Å²) in [5, 5.41) is 21.9. The van der Waals surface area contributed by atoms with Crippen LogP contribution in [0.3, 0.4) is 0 Å². The van der Waals surface area contributed by atoms with Gasteiger partial charge in [-0.05, 0) is 30.2 Å². The monoisotopic (exact) mass is 370 g/mol. The van der Waals surface area contributed by atoms with E-state index in [0.29, 0.717) is 24.3 Å². The molecule has 0 unspecified atom stereocenters. The van der Waals surface area contributed by atoms with Gasteiger partial charge in [0.25, 0.3) is 5.91 Å². The van der Waals surface area contributed by atoms with Gasteiger partial charge in [0.05, 0.1) is 0 Å². The van der Waals surface area contributed by atoms with Crippen LogP contribution in [0.2, 0.25) is 0 Å². The van der Waals surface area contributed by atoms with Crippen LogP contribution in [-0.4, -0.2) is 24.0 Å². The van der Waals surface area contributed by atoms with E-state index in [2.05, 4.69) is 10.3 Å². The van der Waals surface area contributed by atoms with Crippen LogP contribution in [0.1, 0.15) is 11.1 Å². The van der Waals surface area contributed by atoms with E-state index in [1.807, 2.05) is 42.6 Å². The summed E-state index contributed by atoms with van der Waals surface area (Å²) in [6.07, 6.45) is 4.05. The zero-order chi connectivity index (χ0) is 19.8. The number of fused-ring (bicyclic) bond motifs is 1. The minimum atomic E-state index is -0.447. The number of rotatable bonds is 7. The first-order valence-corrected chi connectivity index (χ1v) is 8.76. The van der Waals surface area contributed by atoms with Gasteiger partial charge in [-0.25, -0.2) is 0 Å². The second-order valence-electron chi connectivity index (χ2n) is 6.02. The van der Waals surface area contributed by atoms with Crippen molar-refractivity contribution < 1.29 is 9.53 Å². The topological polar surface area (TPSA) is 102 Å². The number of benzene rings is 2. The molecule has 2 aromatic carbocycles. The molecule has 28 heavy (non-hydrogen) atoms. The van der Waals surface area contributed by atoms with Crippen LogP contribution in [0.25, 0.3) is 17.0 Å². The first-order chi connectivity index (χ1) is 13.7. The Morgan fingerprint density at radius 2 is 1.93 bits per heavy atom. The molecule has 0 fully saturated rings. The van der Waals surface area contributed by atoms with Crippen molar-refractivity contribution in [1.82, 2.24) is 10.3 Å². The fraction of sp³-hybridized carbons (Fsp3) is 0.136. The Morgan fingerprint density at radius 1 is 1.14 bits per heavy atom. The highest BCUT2D eigenvalue weighted by Crippen LogP contribution is 2.21. The zero-order valence-electron chi connectivity index (χ0n) is 15.1. The lowest BCUT2D eigenvalue weighted by Gasteiger charge is -2.07. The van der Waals surface area contributed by atoms with Gasteiger partial charge in [-0.3, -0.25) is 4.79 Å². The van der Waals surface area contributed by atoms with Crippen LogP contribution in [0, 0.1) is 22.7 Å². The standard InChI is InChI=1S/C22H18N4O2/c23-10-12-28-21-8-4-1-5-16(21)13-18(14-24)22(27)25-11-9-17-15-26-20-7-3-2-6-19(17)20/h1-8,13,15,26H,9,11-12H2,(H,25,27)/b18-13-. The van der Waals surface area contributed by atoms with Gasteiger partial charge in [0.2, 0.25) is 0 Å². The number of amides is 1. The highest BCUT2D eigenvalue weighted by atomic mass is 16.5. The predicted octanol–water partition coefficient (Wildman–Crippen LogP) is 3.34. The van der Waals surface area contributed by atoms with E-state index in [-0.39, 0.29) is 12.2 Å². The van der Waals surface area contributed by atoms with Crippen molar-refractivity contribution in [1.29, 1.82) is 10.5 Å². The molecular weight excluding hydrogens is 352 g/mol. The second kappa shape index (κ2) is 9.07. The summed E-state index contributed by atoms with van der Waals surface area (Å²) in [4.78, 5) is 15.6. The lowest BCUT2D eigenvalue weighted by molar-refractivity contribution is -0.117. The van der Waals surface area contributed by atoms with Crippen molar-refractivity contribution in [3.8, 4) is 17.9 Å². The Balaban J connectivity index is 1.66. The maximum Gasteiger partial charge on any atom is 0.261 e. The molecule has 1 aromatic heterocycles. The highest BCUT2D eigenvalue weighted by molar-refractivity contribution is 6.02. The Bertz CT molecular complexity index is 1100. The Morgan fingerprint density at radius 3 is 2.75 bits per heavy atom. The molecule has 0 atom stereocenters. The largest absolute Gasteiger partial charge is 0.478 e. The van der Waals surface area contributed by atoms with Gasteiger partial charge < -0.3 is 15.0 Å².